The highest BCUT2D eigenvalue weighted by molar-refractivity contribution is 5.77. The lowest BCUT2D eigenvalue weighted by Gasteiger charge is -2.36. The minimum absolute atomic E-state index is 0.0569. The summed E-state index contributed by atoms with van der Waals surface area (Å²) in [6.45, 7) is 3.69. The summed E-state index contributed by atoms with van der Waals surface area (Å²) in [6, 6.07) is 1.34. The lowest BCUT2D eigenvalue weighted by Crippen LogP contribution is -2.49. The van der Waals surface area contributed by atoms with Crippen molar-refractivity contribution in [1.29, 1.82) is 0 Å². The van der Waals surface area contributed by atoms with Crippen molar-refractivity contribution in [2.24, 2.45) is 0 Å². The van der Waals surface area contributed by atoms with Gasteiger partial charge in [-0.1, -0.05) is 0 Å². The Balaban J connectivity index is 1.47. The maximum absolute atomic E-state index is 12.3. The van der Waals surface area contributed by atoms with Gasteiger partial charge in [-0.15, -0.1) is 0 Å². The first kappa shape index (κ1) is 23.0. The summed E-state index contributed by atoms with van der Waals surface area (Å²) in [6.07, 6.45) is -2.43. The van der Waals surface area contributed by atoms with Crippen molar-refractivity contribution in [3.8, 4) is 17.1 Å². The van der Waals surface area contributed by atoms with E-state index < -0.39 is 18.5 Å². The van der Waals surface area contributed by atoms with E-state index in [1.807, 2.05) is 11.8 Å². The van der Waals surface area contributed by atoms with Crippen LogP contribution in [-0.2, 0) is 9.53 Å². The van der Waals surface area contributed by atoms with Gasteiger partial charge in [-0.05, 0) is 6.92 Å². The fourth-order valence-corrected chi connectivity index (χ4v) is 3.66. The molecule has 1 aliphatic carbocycles. The first-order valence-corrected chi connectivity index (χ1v) is 10.5. The van der Waals surface area contributed by atoms with Gasteiger partial charge in [0.05, 0.1) is 24.9 Å². The number of nitrogens with zero attached hydrogens (tertiary/aromatic N) is 5. The Morgan fingerprint density at radius 1 is 1.30 bits per heavy atom. The van der Waals surface area contributed by atoms with Crippen molar-refractivity contribution < 1.29 is 27.4 Å². The number of hydrogen-bond acceptors (Lipinski definition) is 9. The summed E-state index contributed by atoms with van der Waals surface area (Å²) in [7, 11) is 0. The van der Waals surface area contributed by atoms with Gasteiger partial charge in [-0.2, -0.15) is 18.2 Å². The van der Waals surface area contributed by atoms with Crippen molar-refractivity contribution >= 4 is 17.8 Å². The summed E-state index contributed by atoms with van der Waals surface area (Å²) in [5.41, 5.74) is 6.75. The van der Waals surface area contributed by atoms with Crippen LogP contribution in [0.5, 0.6) is 5.88 Å². The molecule has 4 rings (SSSR count). The van der Waals surface area contributed by atoms with Crippen molar-refractivity contribution in [3.63, 3.8) is 0 Å². The van der Waals surface area contributed by atoms with E-state index in [-0.39, 0.29) is 24.1 Å². The topological polar surface area (TPSA) is 128 Å². The molecule has 0 unspecified atom stereocenters. The largest absolute Gasteiger partial charge is 0.474 e. The second kappa shape index (κ2) is 9.33. The number of aromatic nitrogens is 4. The number of carbonyl (C=O) groups is 1. The van der Waals surface area contributed by atoms with Crippen LogP contribution < -0.4 is 20.7 Å². The maximum atomic E-state index is 12.3. The molecule has 33 heavy (non-hydrogen) atoms. The second-order valence-electron chi connectivity index (χ2n) is 8.11. The number of morpholine rings is 1. The third-order valence-electron chi connectivity index (χ3n) is 5.39. The number of anilines is 2. The fraction of sp³-hybridized carbons (Fsp3) is 0.550. The SMILES string of the molecule is C[C@H]1COCCN1c1nc(OC2CC(NC(=O)CC(F)(F)F)C2)cc(-c2cnc(N)nc2)n1. The Bertz CT molecular complexity index is 984. The zero-order valence-electron chi connectivity index (χ0n) is 17.9. The molecule has 2 aromatic rings. The van der Waals surface area contributed by atoms with Gasteiger partial charge < -0.3 is 25.4 Å². The standard InChI is InChI=1S/C20H24F3N7O3/c1-11-10-32-3-2-30(11)19-28-15(12-8-25-18(24)26-9-12)6-17(29-19)33-14-4-13(5-14)27-16(31)7-20(21,22)23/h6,8-9,11,13-14H,2-5,7,10H2,1H3,(H,27,31)(H2,24,25,26)/t11-,13?,14?/m0/s1. The molecule has 0 bridgehead atoms. The van der Waals surface area contributed by atoms with Crippen LogP contribution in [0.4, 0.5) is 25.1 Å². The minimum Gasteiger partial charge on any atom is -0.474 e. The van der Waals surface area contributed by atoms with Gasteiger partial charge in [0.15, 0.2) is 0 Å². The highest BCUT2D eigenvalue weighted by Gasteiger charge is 2.36. The number of halogens is 3. The number of hydrogen-bond donors (Lipinski definition) is 2. The van der Waals surface area contributed by atoms with Crippen molar-refractivity contribution in [2.45, 2.75) is 50.6 Å². The minimum atomic E-state index is -4.53. The highest BCUT2D eigenvalue weighted by Crippen LogP contribution is 2.30. The molecule has 0 aromatic carbocycles. The van der Waals surface area contributed by atoms with E-state index >= 15 is 0 Å². The van der Waals surface area contributed by atoms with E-state index in [1.54, 1.807) is 18.5 Å². The molecule has 13 heteroatoms. The normalized spacial score (nSPS) is 23.0. The van der Waals surface area contributed by atoms with Gasteiger partial charge in [0.25, 0.3) is 0 Å². The summed E-state index contributed by atoms with van der Waals surface area (Å²) in [5.74, 6) is -0.123. The molecule has 1 saturated heterocycles. The third kappa shape index (κ3) is 5.97. The summed E-state index contributed by atoms with van der Waals surface area (Å²) < 4.78 is 48.5. The van der Waals surface area contributed by atoms with Crippen LogP contribution in [-0.4, -0.2) is 70.0 Å². The molecule has 0 spiro atoms. The van der Waals surface area contributed by atoms with Crippen LogP contribution >= 0.6 is 0 Å². The zero-order valence-corrected chi connectivity index (χ0v) is 17.9. The van der Waals surface area contributed by atoms with E-state index in [0.29, 0.717) is 55.7 Å². The molecule has 0 radical (unpaired) electrons. The second-order valence-corrected chi connectivity index (χ2v) is 8.11. The van der Waals surface area contributed by atoms with Gasteiger partial charge in [0.2, 0.25) is 23.7 Å². The smallest absolute Gasteiger partial charge is 0.397 e. The lowest BCUT2D eigenvalue weighted by molar-refractivity contribution is -0.154. The van der Waals surface area contributed by atoms with Gasteiger partial charge in [0, 0.05) is 49.5 Å². The predicted molar refractivity (Wildman–Crippen MR) is 111 cm³/mol. The van der Waals surface area contributed by atoms with Crippen LogP contribution in [0.2, 0.25) is 0 Å². The zero-order chi connectivity index (χ0) is 23.6. The average molecular weight is 467 g/mol. The van der Waals surface area contributed by atoms with Crippen LogP contribution in [0.3, 0.4) is 0 Å². The molecule has 1 saturated carbocycles. The van der Waals surface area contributed by atoms with Crippen molar-refractivity contribution in [1.82, 2.24) is 25.3 Å². The molecule has 1 aliphatic heterocycles. The quantitative estimate of drug-likeness (QED) is 0.652. The number of nitrogen functional groups attached to an aromatic ring is 1. The Morgan fingerprint density at radius 2 is 2.03 bits per heavy atom. The Hall–Kier alpha value is -3.22. The van der Waals surface area contributed by atoms with Gasteiger partial charge >= 0.3 is 6.18 Å². The summed E-state index contributed by atoms with van der Waals surface area (Å²) in [4.78, 5) is 30.7. The molecular formula is C20H24F3N7O3. The van der Waals surface area contributed by atoms with E-state index in [9.17, 15) is 18.0 Å². The number of carbonyl (C=O) groups excluding carboxylic acids is 1. The Morgan fingerprint density at radius 3 is 2.70 bits per heavy atom. The lowest BCUT2D eigenvalue weighted by atomic mass is 9.89. The number of amides is 1. The first-order chi connectivity index (χ1) is 15.7. The molecule has 1 atom stereocenters. The monoisotopic (exact) mass is 467 g/mol. The number of alkyl halides is 3. The highest BCUT2D eigenvalue weighted by atomic mass is 19.4. The van der Waals surface area contributed by atoms with Crippen LogP contribution in [0.25, 0.3) is 11.3 Å². The number of nitrogens with one attached hydrogen (secondary N) is 1. The van der Waals surface area contributed by atoms with E-state index in [2.05, 4.69) is 25.3 Å². The number of ether oxygens (including phenoxy) is 2. The molecule has 2 aliphatic rings. The van der Waals surface area contributed by atoms with Crippen LogP contribution in [0.1, 0.15) is 26.2 Å². The van der Waals surface area contributed by atoms with E-state index in [4.69, 9.17) is 15.2 Å². The van der Waals surface area contributed by atoms with Gasteiger partial charge in [-0.25, -0.2) is 15.0 Å². The van der Waals surface area contributed by atoms with Gasteiger partial charge in [0.1, 0.15) is 12.5 Å². The number of rotatable bonds is 6. The first-order valence-electron chi connectivity index (χ1n) is 10.5. The molecule has 3 N–H and O–H groups in total. The van der Waals surface area contributed by atoms with E-state index in [0.717, 1.165) is 0 Å². The molecule has 2 aromatic heterocycles. The van der Waals surface area contributed by atoms with E-state index in [1.165, 1.54) is 0 Å². The maximum Gasteiger partial charge on any atom is 0.397 e. The molecule has 3 heterocycles. The average Bonchev–Trinajstić information content (AvgIpc) is 2.71. The van der Waals surface area contributed by atoms with Gasteiger partial charge in [-0.3, -0.25) is 4.79 Å². The van der Waals surface area contributed by atoms with Crippen LogP contribution in [0.15, 0.2) is 18.5 Å². The summed E-state index contributed by atoms with van der Waals surface area (Å²) in [5, 5.41) is 2.38. The Labute approximate surface area is 187 Å². The third-order valence-corrected chi connectivity index (χ3v) is 5.39. The fourth-order valence-electron chi connectivity index (χ4n) is 3.66. The predicted octanol–water partition coefficient (Wildman–Crippen LogP) is 1.72. The molecular weight excluding hydrogens is 443 g/mol. The summed E-state index contributed by atoms with van der Waals surface area (Å²) >= 11 is 0. The molecule has 178 valence electrons. The molecule has 1 amide bonds. The van der Waals surface area contributed by atoms with Crippen molar-refractivity contribution in [2.75, 3.05) is 30.4 Å². The molecule has 10 nitrogen and oxygen atoms in total. The molecule has 2 fully saturated rings. The van der Waals surface area contributed by atoms with Crippen molar-refractivity contribution in [3.05, 3.63) is 18.5 Å². The Kier molecular flexibility index (Phi) is 6.49. The van der Waals surface area contributed by atoms with Crippen LogP contribution in [0, 0.1) is 0 Å². The number of nitrogens with two attached hydrogens (primary N) is 1.